The van der Waals surface area contributed by atoms with Gasteiger partial charge >= 0.3 is 0 Å². The summed E-state index contributed by atoms with van der Waals surface area (Å²) >= 11 is 13.0. The fraction of sp³-hybridized carbons (Fsp3) is 0.278. The molecule has 13 rings (SSSR count). The van der Waals surface area contributed by atoms with Gasteiger partial charge in [-0.25, -0.2) is 4.40 Å². The SMILES string of the molecule is CCCCCCCCc1ccc(C2(c3ccc(C)cc3)c3cc(C4=CC=C(C=O)/C(=N/S)C4=[NH2+])sc3-c3sc4c5c(sc4c32)-c2sc(-c3ccc(C=O)c4nsnc34)cc2C5(c2ccc(C)cc2)c2ccc(CCCCCCCC)cc2)cc1. The number of nitrogens with two attached hydrogens (primary N) is 1. The lowest BCUT2D eigenvalue weighted by molar-refractivity contribution is -0.109. The van der Waals surface area contributed by atoms with E-state index in [4.69, 9.17) is 9.78 Å². The summed E-state index contributed by atoms with van der Waals surface area (Å²) in [6, 6.07) is 46.7. The predicted molar refractivity (Wildman–Crippen MR) is 361 cm³/mol. The average Bonchev–Trinajstić information content (AvgIpc) is 1.53. The summed E-state index contributed by atoms with van der Waals surface area (Å²) in [4.78, 5) is 31.9. The van der Waals surface area contributed by atoms with Crippen LogP contribution in [0.3, 0.4) is 0 Å². The maximum absolute atomic E-state index is 12.4. The van der Waals surface area contributed by atoms with Crippen molar-refractivity contribution in [2.45, 2.75) is 128 Å². The number of rotatable bonds is 22. The molecule has 3 aliphatic rings. The van der Waals surface area contributed by atoms with Crippen molar-refractivity contribution in [1.29, 1.82) is 0 Å². The van der Waals surface area contributed by atoms with E-state index in [1.54, 1.807) is 11.3 Å². The first-order valence-electron chi connectivity index (χ1n) is 29.8. The Bertz CT molecular complexity index is 4260. The van der Waals surface area contributed by atoms with Crippen molar-refractivity contribution < 1.29 is 15.0 Å². The molecule has 3 aliphatic carbocycles. The summed E-state index contributed by atoms with van der Waals surface area (Å²) in [7, 11) is 0. The smallest absolute Gasteiger partial charge is 0.232 e. The van der Waals surface area contributed by atoms with Crippen LogP contribution in [0.1, 0.15) is 173 Å². The number of unbranched alkanes of at least 4 members (excludes halogenated alkanes) is 10. The highest BCUT2D eigenvalue weighted by Gasteiger charge is 2.55. The molecule has 5 aromatic carbocycles. The van der Waals surface area contributed by atoms with Crippen molar-refractivity contribution in [3.8, 4) is 29.9 Å². The maximum Gasteiger partial charge on any atom is 0.232 e. The Labute approximate surface area is 518 Å². The monoisotopic (exact) mass is 1210 g/mol. The van der Waals surface area contributed by atoms with Crippen LogP contribution in [-0.2, 0) is 28.5 Å². The summed E-state index contributed by atoms with van der Waals surface area (Å²) in [6.45, 7) is 8.92. The van der Waals surface area contributed by atoms with Crippen molar-refractivity contribution in [3.63, 3.8) is 0 Å². The van der Waals surface area contributed by atoms with Crippen molar-refractivity contribution >= 4 is 120 Å². The lowest BCUT2D eigenvalue weighted by atomic mass is 9.67. The van der Waals surface area contributed by atoms with Gasteiger partial charge in [-0.2, -0.15) is 8.75 Å². The van der Waals surface area contributed by atoms with Gasteiger partial charge in [-0.1, -0.05) is 192 Å². The van der Waals surface area contributed by atoms with Crippen LogP contribution in [0.4, 0.5) is 0 Å². The summed E-state index contributed by atoms with van der Waals surface area (Å²) in [6.07, 6.45) is 22.7. The molecule has 6 nitrogen and oxygen atoms in total. The van der Waals surface area contributed by atoms with Crippen LogP contribution in [0.5, 0.6) is 0 Å². The molecule has 12 heteroatoms. The third-order valence-corrected chi connectivity index (χ3v) is 23.9. The van der Waals surface area contributed by atoms with Crippen LogP contribution in [0.25, 0.3) is 56.0 Å². The number of hydrogen-bond donors (Lipinski definition) is 2. The summed E-state index contributed by atoms with van der Waals surface area (Å²) in [5.74, 6) is 0. The number of carbonyl (C=O) groups is 2. The highest BCUT2D eigenvalue weighted by molar-refractivity contribution is 7.79. The zero-order valence-electron chi connectivity index (χ0n) is 48.0. The number of aromatic nitrogens is 2. The van der Waals surface area contributed by atoms with Crippen LogP contribution in [-0.4, -0.2) is 32.7 Å². The van der Waals surface area contributed by atoms with E-state index in [9.17, 15) is 9.59 Å². The molecule has 5 heterocycles. The Morgan fingerprint density at radius 3 is 1.48 bits per heavy atom. The zero-order valence-corrected chi connectivity index (χ0v) is 53.0. The average molecular weight is 1210 g/mol. The first-order chi connectivity index (χ1) is 41.2. The molecular formula is C72H67N4O2S6+. The van der Waals surface area contributed by atoms with Gasteiger partial charge in [0.05, 0.1) is 57.0 Å². The quantitative estimate of drug-likeness (QED) is 0.0306. The Morgan fingerprint density at radius 2 is 0.988 bits per heavy atom. The Kier molecular flexibility index (Phi) is 16.0. The van der Waals surface area contributed by atoms with Gasteiger partial charge < -0.3 is 0 Å². The molecule has 5 aromatic heterocycles. The largest absolute Gasteiger partial charge is 0.298 e. The van der Waals surface area contributed by atoms with E-state index < -0.39 is 10.8 Å². The number of aryl methyl sites for hydroxylation is 4. The number of carbonyl (C=O) groups excluding carboxylic acids is 2. The number of allylic oxidation sites excluding steroid dienone is 4. The second-order valence-corrected chi connectivity index (χ2v) is 28.0. The first-order valence-corrected chi connectivity index (χ1v) is 34.2. The highest BCUT2D eigenvalue weighted by atomic mass is 32.1. The predicted octanol–water partition coefficient (Wildman–Crippen LogP) is 18.7. The number of thiol groups is 1. The standard InChI is InChI=1S/C72H66N4O2S6/c1-5-7-9-11-13-15-17-45-23-33-51(34-24-45)71(49-29-19-43(3)20-30-49)55-39-57(53-37-27-47(41-77)62(74-79)61(53)73)80-65(55)67-59(71)69-70(82-67)60-68(83-69)66-56(40-58(81-66)54-38-28-48(42-78)63-64(54)76-84-75-63)72(60,50-31-21-44(4)22-32-50)52-35-25-46(26-36-52)18-16-14-12-10-8-6-2/h19-42,73,79H,5-18H2,1-4H3/p+1/b73-61?,74-62-. The lowest BCUT2D eigenvalue weighted by Gasteiger charge is -2.34. The van der Waals surface area contributed by atoms with Crippen molar-refractivity contribution in [3.05, 3.63) is 216 Å². The van der Waals surface area contributed by atoms with Gasteiger partial charge in [0.25, 0.3) is 0 Å². The Hall–Kier alpha value is -6.51. The molecule has 0 saturated heterocycles. The number of aldehydes is 2. The van der Waals surface area contributed by atoms with Crippen LogP contribution >= 0.6 is 69.9 Å². The van der Waals surface area contributed by atoms with E-state index in [-0.39, 0.29) is 0 Å². The first kappa shape index (κ1) is 56.6. The third-order valence-electron chi connectivity index (χ3n) is 17.9. The number of benzene rings is 5. The van der Waals surface area contributed by atoms with Crippen LogP contribution in [0.2, 0.25) is 0 Å². The molecule has 0 radical (unpaired) electrons. The van der Waals surface area contributed by atoms with Gasteiger partial charge in [-0.15, -0.1) is 45.3 Å². The van der Waals surface area contributed by atoms with Crippen molar-refractivity contribution in [2.24, 2.45) is 4.40 Å². The molecule has 2 unspecified atom stereocenters. The number of thiophene rings is 4. The molecule has 0 saturated carbocycles. The van der Waals surface area contributed by atoms with Crippen LogP contribution in [0, 0.1) is 13.8 Å². The summed E-state index contributed by atoms with van der Waals surface area (Å²) in [5, 5.41) is 7.03. The minimum atomic E-state index is -0.714. The van der Waals surface area contributed by atoms with Gasteiger partial charge in [0.15, 0.2) is 18.3 Å². The van der Waals surface area contributed by atoms with Gasteiger partial charge in [0, 0.05) is 37.6 Å². The van der Waals surface area contributed by atoms with E-state index in [1.165, 1.54) is 173 Å². The van der Waals surface area contributed by atoms with E-state index in [2.05, 4.69) is 165 Å². The maximum atomic E-state index is 12.4. The normalized spacial score (nSPS) is 17.4. The van der Waals surface area contributed by atoms with Gasteiger partial charge in [0.2, 0.25) is 5.71 Å². The van der Waals surface area contributed by atoms with E-state index in [0.717, 1.165) is 63.5 Å². The molecule has 0 amide bonds. The van der Waals surface area contributed by atoms with Gasteiger partial charge in [-0.05, 0) is 127 Å². The minimum Gasteiger partial charge on any atom is -0.298 e. The number of hydrogen-bond acceptors (Lipinski definition) is 11. The zero-order chi connectivity index (χ0) is 57.7. The fourth-order valence-corrected chi connectivity index (χ4v) is 20.3. The van der Waals surface area contributed by atoms with Crippen molar-refractivity contribution in [2.75, 3.05) is 0 Å². The molecule has 0 bridgehead atoms. The third kappa shape index (κ3) is 9.36. The fourth-order valence-electron chi connectivity index (χ4n) is 13.6. The highest BCUT2D eigenvalue weighted by Crippen LogP contribution is 2.70. The van der Waals surface area contributed by atoms with E-state index in [0.29, 0.717) is 28.1 Å². The molecule has 2 atom stereocenters. The molecule has 0 fully saturated rings. The van der Waals surface area contributed by atoms with Gasteiger partial charge in [-0.3, -0.25) is 15.0 Å². The molecular weight excluding hydrogens is 1150 g/mol. The van der Waals surface area contributed by atoms with E-state index in [1.807, 2.05) is 52.2 Å². The van der Waals surface area contributed by atoms with Crippen LogP contribution in [0.15, 0.2) is 143 Å². The second kappa shape index (κ2) is 23.7. The Morgan fingerprint density at radius 1 is 0.524 bits per heavy atom. The van der Waals surface area contributed by atoms with Crippen molar-refractivity contribution in [1.82, 2.24) is 8.75 Å². The van der Waals surface area contributed by atoms with E-state index >= 15 is 0 Å². The Balaban J connectivity index is 1.07. The molecule has 2 N–H and O–H groups in total. The lowest BCUT2D eigenvalue weighted by Crippen LogP contribution is -2.47. The molecule has 0 spiro atoms. The molecule has 422 valence electrons. The summed E-state index contributed by atoms with van der Waals surface area (Å²) < 4.78 is 16.4. The van der Waals surface area contributed by atoms with Gasteiger partial charge in [0.1, 0.15) is 11.0 Å². The molecule has 84 heavy (non-hydrogen) atoms. The molecule has 10 aromatic rings. The number of nitrogens with zero attached hydrogens (tertiary/aromatic N) is 3. The second-order valence-electron chi connectivity index (χ2n) is 23.1. The minimum absolute atomic E-state index is 0.391. The number of fused-ring (bicyclic) bond motifs is 10. The topological polar surface area (TPSA) is 97.9 Å². The molecule has 0 aliphatic heterocycles. The van der Waals surface area contributed by atoms with Crippen LogP contribution < -0.4 is 5.41 Å². The summed E-state index contributed by atoms with van der Waals surface area (Å²) in [5.41, 5.74) is 18.9.